The van der Waals surface area contributed by atoms with Crippen LogP contribution in [-0.4, -0.2) is 128 Å². The molecule has 6 aromatic rings. The Bertz CT molecular complexity index is 3160. The van der Waals surface area contributed by atoms with E-state index in [1.807, 2.05) is 0 Å². The number of esters is 2. The van der Waals surface area contributed by atoms with E-state index in [-0.39, 0.29) is 87.2 Å². The first-order chi connectivity index (χ1) is 39.0. The molecule has 6 heterocycles. The van der Waals surface area contributed by atoms with Crippen LogP contribution < -0.4 is 75.8 Å². The Kier molecular flexibility index (Phi) is 36.6. The number of nitrogens with zero attached hydrogens (tertiary/aromatic N) is 4. The zero-order valence-electron chi connectivity index (χ0n) is 44.2. The molecule has 0 saturated carbocycles. The van der Waals surface area contributed by atoms with E-state index in [1.54, 1.807) is 20.8 Å². The monoisotopic (exact) mass is 1260 g/mol. The second-order valence-electron chi connectivity index (χ2n) is 14.9. The van der Waals surface area contributed by atoms with Gasteiger partial charge in [0.25, 0.3) is 0 Å². The molecule has 0 aliphatic heterocycles. The summed E-state index contributed by atoms with van der Waals surface area (Å²) in [5, 5.41) is 23.9. The number of nitrogens with one attached hydrogen (secondary N) is 3. The smallest absolute Gasteiger partial charge is 0.543 e. The Labute approximate surface area is 497 Å². The van der Waals surface area contributed by atoms with Gasteiger partial charge in [0.1, 0.15) is 34.6 Å². The van der Waals surface area contributed by atoms with Crippen molar-refractivity contribution < 1.29 is 151 Å². The fourth-order valence-corrected chi connectivity index (χ4v) is 4.37. The predicted octanol–water partition coefficient (Wildman–Crippen LogP) is 3.95. The number of aromatic nitrogens is 6. The number of nitrogens with two attached hydrogens (primary N) is 1. The van der Waals surface area contributed by atoms with E-state index in [9.17, 15) is 77.5 Å². The average molecular weight is 1260 g/mol. The van der Waals surface area contributed by atoms with Gasteiger partial charge in [-0.05, 0) is 68.8 Å². The summed E-state index contributed by atoms with van der Waals surface area (Å²) in [4.78, 5) is 102. The van der Waals surface area contributed by atoms with Crippen molar-refractivity contribution in [3.05, 3.63) is 153 Å². The maximum atomic E-state index is 12.0. The number of H-pyrrole nitrogens is 2. The van der Waals surface area contributed by atoms with Crippen molar-refractivity contribution in [3.63, 3.8) is 0 Å². The fourth-order valence-electron chi connectivity index (χ4n) is 4.37. The van der Waals surface area contributed by atoms with Gasteiger partial charge in [-0.15, -0.1) is 0 Å². The number of carboxylic acids is 3. The minimum Gasteiger partial charge on any atom is -0.543 e. The third-order valence-electron chi connectivity index (χ3n) is 7.40. The third kappa shape index (κ3) is 38.2. The molecule has 0 atom stereocenters. The summed E-state index contributed by atoms with van der Waals surface area (Å²) < 4.78 is 145. The number of carbonyl (C=O) groups is 6. The first-order valence-electron chi connectivity index (χ1n) is 21.8. The van der Waals surface area contributed by atoms with Crippen LogP contribution in [0, 0.1) is 0 Å². The second kappa shape index (κ2) is 40.0. The number of hydrogen-bond acceptors (Lipinski definition) is 21. The molecule has 1 amide bonds. The van der Waals surface area contributed by atoms with Crippen molar-refractivity contribution in [2.24, 2.45) is 0 Å². The molecule has 0 bridgehead atoms. The van der Waals surface area contributed by atoms with Gasteiger partial charge < -0.3 is 69.0 Å². The Morgan fingerprint density at radius 2 is 0.929 bits per heavy atom. The van der Waals surface area contributed by atoms with Crippen LogP contribution in [0.1, 0.15) is 62.7 Å². The molecule has 0 spiro atoms. The van der Waals surface area contributed by atoms with E-state index in [1.165, 1.54) is 117 Å². The standard InChI is InChI=1S/C11H14F2N2O3.C8H7F2NO3.C7H5F2NO3.C7H7NO3.C6H6F2N2O.C6H5NO3.C2HClF2O2.Na/c1-11(2,3)18-10(16)15-7-5-4-6-8(14-7)17-9(12)13;1-13-7(12)5-3-2-4-6(11-5)14-8(9)10;8-7(9)13-5-3-1-2-4(10-5)6(11)12;1-11-7(10)5-3-2-4-6(9)8-5;7-6(8)11-5-3-1-2-4(9)10-5;8-5-3-1-2-4(7-5)6(9)10;3-2(4,5)1(6)7;/h4-6,9H,1-3H3,(H,14,15,16);2-4,8H,1H3;1-3,7H,(H,11,12);2-4H,1H3,(H,8,9);1-3,6H,(H2,9,10);1-3H,(H,7,8)(H,9,10);(H,6,7);/q;;;;;;;+1/p-1. The predicted molar refractivity (Wildman–Crippen MR) is 264 cm³/mol. The molecule has 0 radical (unpaired) electrons. The van der Waals surface area contributed by atoms with Crippen molar-refractivity contribution in [1.29, 1.82) is 0 Å². The Balaban J connectivity index is 0. The van der Waals surface area contributed by atoms with Gasteiger partial charge in [-0.3, -0.25) is 14.9 Å². The summed E-state index contributed by atoms with van der Waals surface area (Å²) in [5.41, 5.74) is 3.49. The number of anilines is 2. The van der Waals surface area contributed by atoms with Gasteiger partial charge in [0.05, 0.1) is 14.2 Å². The van der Waals surface area contributed by atoms with Crippen LogP contribution in [0.5, 0.6) is 23.5 Å². The first-order valence-corrected chi connectivity index (χ1v) is 22.2. The topological polar surface area (TPSA) is 386 Å². The number of hydrogen-bond donors (Lipinski definition) is 6. The number of aromatic carboxylic acids is 2. The van der Waals surface area contributed by atoms with E-state index in [2.05, 4.69) is 75.2 Å². The second-order valence-corrected chi connectivity index (χ2v) is 15.3. The van der Waals surface area contributed by atoms with Gasteiger partial charge in [-0.1, -0.05) is 36.4 Å². The largest absolute Gasteiger partial charge is 1.00 e. The molecule has 38 heteroatoms. The zero-order chi connectivity index (χ0) is 64.3. The van der Waals surface area contributed by atoms with Gasteiger partial charge in [-0.2, -0.15) is 53.9 Å². The number of carboxylic acid groups (broad SMARTS) is 3. The maximum absolute atomic E-state index is 12.0. The molecule has 6 aromatic heterocycles. The molecule has 6 rings (SSSR count). The zero-order valence-corrected chi connectivity index (χ0v) is 46.9. The van der Waals surface area contributed by atoms with Crippen molar-refractivity contribution in [3.8, 4) is 23.5 Å². The minimum absolute atomic E-state index is 0. The van der Waals surface area contributed by atoms with Crippen molar-refractivity contribution >= 4 is 59.2 Å². The van der Waals surface area contributed by atoms with E-state index >= 15 is 0 Å². The third-order valence-corrected chi connectivity index (χ3v) is 7.56. The molecule has 0 aliphatic rings. The maximum Gasteiger partial charge on any atom is 1.00 e. The minimum atomic E-state index is -4.22. The van der Waals surface area contributed by atoms with E-state index < -0.39 is 84.8 Å². The average Bonchev–Trinajstić information content (AvgIpc) is 3.52. The number of pyridine rings is 6. The molecule has 85 heavy (non-hydrogen) atoms. The molecule has 7 N–H and O–H groups in total. The van der Waals surface area contributed by atoms with Gasteiger partial charge in [0.15, 0.2) is 11.4 Å². The summed E-state index contributed by atoms with van der Waals surface area (Å²) in [5.74, 6) is -7.18. The summed E-state index contributed by atoms with van der Waals surface area (Å²) in [6.45, 7) is -6.67. The van der Waals surface area contributed by atoms with Crippen molar-refractivity contribution in [2.75, 3.05) is 25.3 Å². The van der Waals surface area contributed by atoms with E-state index in [4.69, 9.17) is 30.6 Å². The number of halogens is 11. The number of aromatic amines is 2. The van der Waals surface area contributed by atoms with Crippen molar-refractivity contribution in [2.45, 2.75) is 58.2 Å². The van der Waals surface area contributed by atoms with Crippen LogP contribution in [0.3, 0.4) is 0 Å². The van der Waals surface area contributed by atoms with Crippen LogP contribution in [-0.2, 0) is 19.0 Å². The number of carbonyl (C=O) groups excluding carboxylic acids is 4. The van der Waals surface area contributed by atoms with Crippen LogP contribution in [0.4, 0.5) is 60.3 Å². The van der Waals surface area contributed by atoms with Crippen LogP contribution in [0.25, 0.3) is 0 Å². The van der Waals surface area contributed by atoms with E-state index in [0.29, 0.717) is 0 Å². The number of ether oxygens (including phenoxy) is 7. The first kappa shape index (κ1) is 77.8. The van der Waals surface area contributed by atoms with Crippen LogP contribution in [0.2, 0.25) is 0 Å². The number of aliphatic carboxylic acids is 1. The van der Waals surface area contributed by atoms with Crippen LogP contribution in [0.15, 0.2) is 119 Å². The molecular formula is C47H44ClF10N8NaO18. The van der Waals surface area contributed by atoms with Crippen LogP contribution >= 0.6 is 11.6 Å². The Hall–Kier alpha value is -9.29. The SMILES string of the molecule is CC(C)(C)OC(=O)Nc1cccc(OC(F)F)n1.COC(=O)c1cccc(=O)[nH]1.COC(=O)c1cccc(OC(F)F)n1.Nc1cccc(OC(F)F)n1.O=C(O)c1cccc(=O)[nH]1.O=C(O)c1cccc(OC(F)F)n1.O=C([O-])C(F)(F)Cl.[Na+]. The number of rotatable bonds is 14. The molecule has 0 fully saturated rings. The number of nitrogen functional groups attached to an aromatic ring is 1. The molecule has 0 saturated heterocycles. The summed E-state index contributed by atoms with van der Waals surface area (Å²) >= 11 is 3.87. The molecular weight excluding hydrogens is 1210 g/mol. The molecule has 26 nitrogen and oxygen atoms in total. The fraction of sp³-hybridized carbons (Fsp3) is 0.234. The summed E-state index contributed by atoms with van der Waals surface area (Å²) in [7, 11) is 2.43. The van der Waals surface area contributed by atoms with Gasteiger partial charge in [-0.25, -0.2) is 33.9 Å². The quantitative estimate of drug-likeness (QED) is 0.0295. The molecule has 0 aliphatic carbocycles. The Morgan fingerprint density at radius 3 is 1.29 bits per heavy atom. The van der Waals surface area contributed by atoms with Crippen molar-refractivity contribution in [1.82, 2.24) is 29.9 Å². The molecule has 458 valence electrons. The molecule has 0 unspecified atom stereocenters. The normalized spacial score (nSPS) is 10.1. The summed E-state index contributed by atoms with van der Waals surface area (Å²) in [6.07, 6.45) is -0.718. The summed E-state index contributed by atoms with van der Waals surface area (Å²) in [6, 6.07) is 24.2. The Morgan fingerprint density at radius 1 is 0.565 bits per heavy atom. The van der Waals surface area contributed by atoms with Gasteiger partial charge >= 0.3 is 91.4 Å². The van der Waals surface area contributed by atoms with Gasteiger partial charge in [0, 0.05) is 36.4 Å². The van der Waals surface area contributed by atoms with Gasteiger partial charge in [0.2, 0.25) is 34.6 Å². The van der Waals surface area contributed by atoms with E-state index in [0.717, 1.165) is 6.07 Å². The molecule has 0 aromatic carbocycles. The number of amides is 1. The number of alkyl halides is 11. The number of methoxy groups -OCH3 is 2.